The molecule has 0 saturated carbocycles. The van der Waals surface area contributed by atoms with Crippen LogP contribution in [0.2, 0.25) is 0 Å². The van der Waals surface area contributed by atoms with Crippen LogP contribution >= 0.6 is 11.9 Å². The van der Waals surface area contributed by atoms with E-state index in [1.165, 1.54) is 11.9 Å². The van der Waals surface area contributed by atoms with Gasteiger partial charge in [-0.05, 0) is 54.4 Å². The molecule has 0 fully saturated rings. The number of benzene rings is 2. The molecule has 0 atom stereocenters. The molecule has 2 aromatic carbocycles. The molecule has 27 heavy (non-hydrogen) atoms. The molecule has 0 aromatic heterocycles. The maximum absolute atomic E-state index is 12.9. The molecule has 2 rings (SSSR count). The molecule has 0 amide bonds. The largest absolute Gasteiger partial charge is 0.416 e. The van der Waals surface area contributed by atoms with Gasteiger partial charge in [0.05, 0.1) is 11.1 Å². The van der Waals surface area contributed by atoms with E-state index in [2.05, 4.69) is 10.0 Å². The molecule has 0 aliphatic heterocycles. The minimum atomic E-state index is -4.83. The first-order valence-electron chi connectivity index (χ1n) is 7.96. The van der Waals surface area contributed by atoms with Crippen molar-refractivity contribution < 1.29 is 26.3 Å². The summed E-state index contributed by atoms with van der Waals surface area (Å²) in [5.74, 6) is 0. The smallest absolute Gasteiger partial charge is 0.330 e. The predicted octanol–water partition coefficient (Wildman–Crippen LogP) is 5.75. The predicted molar refractivity (Wildman–Crippen MR) is 95.4 cm³/mol. The molecular formula is C18H18F6N2S. The highest BCUT2D eigenvalue weighted by Crippen LogP contribution is 2.36. The van der Waals surface area contributed by atoms with Gasteiger partial charge in [0.25, 0.3) is 0 Å². The summed E-state index contributed by atoms with van der Waals surface area (Å²) in [4.78, 5) is 0. The number of rotatable bonds is 7. The maximum atomic E-state index is 12.9. The minimum Gasteiger partial charge on any atom is -0.330 e. The summed E-state index contributed by atoms with van der Waals surface area (Å²) in [6.45, 7) is 0.329. The Morgan fingerprint density at radius 3 is 2.04 bits per heavy atom. The Morgan fingerprint density at radius 1 is 0.852 bits per heavy atom. The van der Waals surface area contributed by atoms with Crippen molar-refractivity contribution in [3.63, 3.8) is 0 Å². The fourth-order valence-electron chi connectivity index (χ4n) is 2.50. The first-order valence-corrected chi connectivity index (χ1v) is 9.19. The zero-order valence-electron chi connectivity index (χ0n) is 14.3. The van der Waals surface area contributed by atoms with Crippen LogP contribution in [0.15, 0.2) is 42.5 Å². The summed E-state index contributed by atoms with van der Waals surface area (Å²) < 4.78 is 80.2. The van der Waals surface area contributed by atoms with Crippen LogP contribution in [0.3, 0.4) is 0 Å². The second-order valence-corrected chi connectivity index (χ2v) is 6.46. The van der Waals surface area contributed by atoms with Crippen LogP contribution in [0.25, 0.3) is 0 Å². The molecule has 0 radical (unpaired) electrons. The van der Waals surface area contributed by atoms with Gasteiger partial charge in [0, 0.05) is 18.5 Å². The molecule has 0 unspecified atom stereocenters. The summed E-state index contributed by atoms with van der Waals surface area (Å²) in [5, 5.41) is 2.90. The normalized spacial score (nSPS) is 12.3. The van der Waals surface area contributed by atoms with Gasteiger partial charge in [0.1, 0.15) is 0 Å². The van der Waals surface area contributed by atoms with E-state index >= 15 is 0 Å². The van der Waals surface area contributed by atoms with Gasteiger partial charge in [-0.3, -0.25) is 0 Å². The maximum Gasteiger partial charge on any atom is 0.416 e. The topological polar surface area (TPSA) is 24.1 Å². The molecule has 0 aliphatic rings. The molecule has 2 N–H and O–H groups in total. The highest BCUT2D eigenvalue weighted by Gasteiger charge is 2.36. The number of alkyl halides is 6. The lowest BCUT2D eigenvalue weighted by Gasteiger charge is -2.14. The average Bonchev–Trinajstić information content (AvgIpc) is 2.58. The van der Waals surface area contributed by atoms with Crippen molar-refractivity contribution in [2.24, 2.45) is 0 Å². The van der Waals surface area contributed by atoms with E-state index in [1.54, 1.807) is 0 Å². The number of nitrogens with one attached hydrogen (secondary N) is 2. The Balaban J connectivity index is 2.02. The number of halogens is 6. The standard InChI is InChI=1S/C18H18F6N2S/c1-27-26-16-4-2-3-12(9-16)5-6-25-11-13-7-14(17(19,20)21)10-15(8-13)18(22,23)24/h2-4,7-10,25-26H,5-6,11H2,1H3. The summed E-state index contributed by atoms with van der Waals surface area (Å²) >= 11 is 1.45. The Labute approximate surface area is 157 Å². The molecule has 0 heterocycles. The second-order valence-electron chi connectivity index (χ2n) is 5.85. The lowest BCUT2D eigenvalue weighted by atomic mass is 10.0. The Bertz CT molecular complexity index is 726. The first-order chi connectivity index (χ1) is 12.6. The van der Waals surface area contributed by atoms with Crippen LogP contribution < -0.4 is 10.0 Å². The SMILES string of the molecule is CSNc1cccc(CCNCc2cc(C(F)(F)F)cc(C(F)(F)F)c2)c1. The number of anilines is 1. The first kappa shape index (κ1) is 21.4. The molecular weight excluding hydrogens is 390 g/mol. The molecule has 0 bridgehead atoms. The van der Waals surface area contributed by atoms with Crippen molar-refractivity contribution in [3.8, 4) is 0 Å². The highest BCUT2D eigenvalue weighted by atomic mass is 32.2. The summed E-state index contributed by atoms with van der Waals surface area (Å²) in [6.07, 6.45) is -7.19. The third-order valence-electron chi connectivity index (χ3n) is 3.71. The summed E-state index contributed by atoms with van der Waals surface area (Å²) in [7, 11) is 0. The van der Waals surface area contributed by atoms with Crippen LogP contribution in [0.1, 0.15) is 22.3 Å². The van der Waals surface area contributed by atoms with E-state index in [0.717, 1.165) is 23.4 Å². The molecule has 2 nitrogen and oxygen atoms in total. The fraction of sp³-hybridized carbons (Fsp3) is 0.333. The zero-order chi connectivity index (χ0) is 20.1. The molecule has 9 heteroatoms. The molecule has 0 saturated heterocycles. The Morgan fingerprint density at radius 2 is 1.48 bits per heavy atom. The van der Waals surface area contributed by atoms with Crippen LogP contribution in [0, 0.1) is 0 Å². The van der Waals surface area contributed by atoms with Crippen LogP contribution in [0.5, 0.6) is 0 Å². The average molecular weight is 408 g/mol. The monoisotopic (exact) mass is 408 g/mol. The van der Waals surface area contributed by atoms with E-state index in [1.807, 2.05) is 30.5 Å². The number of hydrogen-bond donors (Lipinski definition) is 2. The summed E-state index contributed by atoms with van der Waals surface area (Å²) in [5.41, 5.74) is -0.737. The van der Waals surface area contributed by atoms with E-state index in [-0.39, 0.29) is 18.2 Å². The van der Waals surface area contributed by atoms with Gasteiger partial charge in [0.15, 0.2) is 0 Å². The van der Waals surface area contributed by atoms with Gasteiger partial charge in [-0.15, -0.1) is 0 Å². The third-order valence-corrected chi connectivity index (χ3v) is 4.15. The molecule has 0 spiro atoms. The molecule has 2 aromatic rings. The van der Waals surface area contributed by atoms with E-state index < -0.39 is 23.5 Å². The van der Waals surface area contributed by atoms with Crippen molar-refractivity contribution in [3.05, 3.63) is 64.7 Å². The zero-order valence-corrected chi connectivity index (χ0v) is 15.2. The van der Waals surface area contributed by atoms with Crippen molar-refractivity contribution in [2.45, 2.75) is 25.3 Å². The van der Waals surface area contributed by atoms with Gasteiger partial charge in [-0.25, -0.2) is 0 Å². The van der Waals surface area contributed by atoms with Gasteiger partial charge in [0.2, 0.25) is 0 Å². The highest BCUT2D eigenvalue weighted by molar-refractivity contribution is 7.99. The van der Waals surface area contributed by atoms with E-state index in [0.29, 0.717) is 13.0 Å². The van der Waals surface area contributed by atoms with Crippen LogP contribution in [-0.2, 0) is 25.3 Å². The van der Waals surface area contributed by atoms with E-state index in [4.69, 9.17) is 0 Å². The lowest BCUT2D eigenvalue weighted by molar-refractivity contribution is -0.143. The van der Waals surface area contributed by atoms with Gasteiger partial charge < -0.3 is 10.0 Å². The molecule has 148 valence electrons. The minimum absolute atomic E-state index is 0.0602. The Hall–Kier alpha value is -1.87. The van der Waals surface area contributed by atoms with Crippen molar-refractivity contribution in [1.82, 2.24) is 5.32 Å². The van der Waals surface area contributed by atoms with Gasteiger partial charge in [-0.2, -0.15) is 26.3 Å². The van der Waals surface area contributed by atoms with Gasteiger partial charge >= 0.3 is 12.4 Å². The quantitative estimate of drug-likeness (QED) is 0.347. The Kier molecular flexibility index (Phi) is 7.05. The number of hydrogen-bond acceptors (Lipinski definition) is 3. The van der Waals surface area contributed by atoms with Crippen molar-refractivity contribution >= 4 is 17.6 Å². The molecule has 0 aliphatic carbocycles. The second kappa shape index (κ2) is 8.88. The van der Waals surface area contributed by atoms with Crippen LogP contribution in [-0.4, -0.2) is 12.8 Å². The van der Waals surface area contributed by atoms with Crippen molar-refractivity contribution in [1.29, 1.82) is 0 Å². The third kappa shape index (κ3) is 6.66. The van der Waals surface area contributed by atoms with Gasteiger partial charge in [-0.1, -0.05) is 24.1 Å². The fourth-order valence-corrected chi connectivity index (χ4v) is 2.86. The van der Waals surface area contributed by atoms with Crippen molar-refractivity contribution in [2.75, 3.05) is 17.5 Å². The lowest BCUT2D eigenvalue weighted by Crippen LogP contribution is -2.18. The van der Waals surface area contributed by atoms with Crippen LogP contribution in [0.4, 0.5) is 32.0 Å². The summed E-state index contributed by atoms with van der Waals surface area (Å²) in [6, 6.07) is 9.22. The van der Waals surface area contributed by atoms with E-state index in [9.17, 15) is 26.3 Å².